The third-order valence-corrected chi connectivity index (χ3v) is 3.57. The number of benzene rings is 1. The van der Waals surface area contributed by atoms with E-state index in [2.05, 4.69) is 25.3 Å². The summed E-state index contributed by atoms with van der Waals surface area (Å²) in [6, 6.07) is 5.41. The Bertz CT molecular complexity index is 755. The largest absolute Gasteiger partial charge is 0.362 e. The Labute approximate surface area is 125 Å². The molecule has 7 heteroatoms. The number of nitrogens with one attached hydrogen (secondary N) is 2. The number of imidazole rings is 1. The van der Waals surface area contributed by atoms with Gasteiger partial charge < -0.3 is 10.3 Å². The van der Waals surface area contributed by atoms with E-state index in [-0.39, 0.29) is 6.04 Å². The van der Waals surface area contributed by atoms with Crippen LogP contribution in [0.25, 0.3) is 11.2 Å². The maximum absolute atomic E-state index is 6.21. The van der Waals surface area contributed by atoms with Crippen LogP contribution in [0.3, 0.4) is 0 Å². The molecule has 0 fully saturated rings. The first-order valence-electron chi connectivity index (χ1n) is 6.00. The molecule has 0 saturated heterocycles. The summed E-state index contributed by atoms with van der Waals surface area (Å²) in [5.41, 5.74) is 2.34. The second-order valence-electron chi connectivity index (χ2n) is 4.36. The van der Waals surface area contributed by atoms with Gasteiger partial charge in [-0.1, -0.05) is 29.3 Å². The number of aromatic nitrogens is 4. The van der Waals surface area contributed by atoms with Crippen LogP contribution in [0.2, 0.25) is 10.0 Å². The molecule has 0 amide bonds. The first kappa shape index (κ1) is 13.1. The van der Waals surface area contributed by atoms with Gasteiger partial charge in [0, 0.05) is 10.0 Å². The smallest absolute Gasteiger partial charge is 0.182 e. The third kappa shape index (κ3) is 2.42. The molecule has 2 aromatic heterocycles. The van der Waals surface area contributed by atoms with Crippen LogP contribution in [0.4, 0.5) is 5.82 Å². The molecule has 0 aliphatic heterocycles. The molecular formula is C13H11Cl2N5. The summed E-state index contributed by atoms with van der Waals surface area (Å²) in [5, 5.41) is 4.53. The highest BCUT2D eigenvalue weighted by molar-refractivity contribution is 6.35. The van der Waals surface area contributed by atoms with Gasteiger partial charge in [0.15, 0.2) is 11.5 Å². The van der Waals surface area contributed by atoms with Crippen LogP contribution < -0.4 is 5.32 Å². The van der Waals surface area contributed by atoms with Crippen molar-refractivity contribution in [3.05, 3.63) is 46.5 Å². The predicted molar refractivity (Wildman–Crippen MR) is 80.2 cm³/mol. The lowest BCUT2D eigenvalue weighted by Crippen LogP contribution is -2.09. The number of H-pyrrole nitrogens is 1. The standard InChI is InChI=1S/C13H11Cl2N5/c1-7(9-3-2-8(14)4-10(9)15)20-13-11-12(17-5-16-11)18-6-19-13/h2-7H,1H3,(H2,16,17,18,19,20)/t7-/m0/s1. The van der Waals surface area contributed by atoms with Gasteiger partial charge >= 0.3 is 0 Å². The first-order valence-corrected chi connectivity index (χ1v) is 6.76. The molecule has 5 nitrogen and oxygen atoms in total. The van der Waals surface area contributed by atoms with E-state index in [1.165, 1.54) is 6.33 Å². The molecule has 20 heavy (non-hydrogen) atoms. The number of hydrogen-bond donors (Lipinski definition) is 2. The minimum absolute atomic E-state index is 0.0267. The lowest BCUT2D eigenvalue weighted by atomic mass is 10.1. The van der Waals surface area contributed by atoms with Crippen LogP contribution >= 0.6 is 23.2 Å². The van der Waals surface area contributed by atoms with E-state index in [1.54, 1.807) is 12.4 Å². The van der Waals surface area contributed by atoms with Crippen molar-refractivity contribution in [2.24, 2.45) is 0 Å². The molecule has 0 bridgehead atoms. The van der Waals surface area contributed by atoms with E-state index in [1.807, 2.05) is 19.1 Å². The Morgan fingerprint density at radius 2 is 2.05 bits per heavy atom. The SMILES string of the molecule is C[C@H](Nc1ncnc2nc[nH]c12)c1ccc(Cl)cc1Cl. The van der Waals surface area contributed by atoms with Crippen molar-refractivity contribution >= 4 is 40.2 Å². The molecule has 102 valence electrons. The molecule has 2 N–H and O–H groups in total. The fourth-order valence-electron chi connectivity index (χ4n) is 2.01. The van der Waals surface area contributed by atoms with Crippen molar-refractivity contribution in [2.45, 2.75) is 13.0 Å². The molecule has 1 aromatic carbocycles. The Balaban J connectivity index is 1.92. The van der Waals surface area contributed by atoms with E-state index in [4.69, 9.17) is 23.2 Å². The van der Waals surface area contributed by atoms with Gasteiger partial charge in [-0.25, -0.2) is 15.0 Å². The summed E-state index contributed by atoms with van der Waals surface area (Å²) in [5.74, 6) is 0.686. The van der Waals surface area contributed by atoms with Gasteiger partial charge in [0.1, 0.15) is 11.8 Å². The molecule has 0 spiro atoms. The van der Waals surface area contributed by atoms with Gasteiger partial charge in [-0.2, -0.15) is 0 Å². The molecule has 0 saturated carbocycles. The van der Waals surface area contributed by atoms with Crippen molar-refractivity contribution in [3.63, 3.8) is 0 Å². The average molecular weight is 308 g/mol. The topological polar surface area (TPSA) is 66.5 Å². The number of anilines is 1. The van der Waals surface area contributed by atoms with Crippen LogP contribution in [0.1, 0.15) is 18.5 Å². The zero-order valence-corrected chi connectivity index (χ0v) is 12.1. The van der Waals surface area contributed by atoms with Crippen LogP contribution in [0.5, 0.6) is 0 Å². The van der Waals surface area contributed by atoms with Gasteiger partial charge in [0.2, 0.25) is 0 Å². The highest BCUT2D eigenvalue weighted by Gasteiger charge is 2.13. The normalized spacial score (nSPS) is 12.6. The number of hydrogen-bond acceptors (Lipinski definition) is 4. The first-order chi connectivity index (χ1) is 9.65. The minimum Gasteiger partial charge on any atom is -0.362 e. The van der Waals surface area contributed by atoms with Crippen LogP contribution in [0.15, 0.2) is 30.9 Å². The van der Waals surface area contributed by atoms with E-state index < -0.39 is 0 Å². The monoisotopic (exact) mass is 307 g/mol. The highest BCUT2D eigenvalue weighted by Crippen LogP contribution is 2.29. The van der Waals surface area contributed by atoms with E-state index in [0.717, 1.165) is 11.1 Å². The highest BCUT2D eigenvalue weighted by atomic mass is 35.5. The van der Waals surface area contributed by atoms with E-state index >= 15 is 0 Å². The van der Waals surface area contributed by atoms with Gasteiger partial charge in [-0.15, -0.1) is 0 Å². The maximum Gasteiger partial charge on any atom is 0.182 e. The second-order valence-corrected chi connectivity index (χ2v) is 5.20. The van der Waals surface area contributed by atoms with Gasteiger partial charge in [-0.05, 0) is 24.6 Å². The van der Waals surface area contributed by atoms with Crippen molar-refractivity contribution in [1.82, 2.24) is 19.9 Å². The van der Waals surface area contributed by atoms with Gasteiger partial charge in [-0.3, -0.25) is 0 Å². The Morgan fingerprint density at radius 1 is 1.20 bits per heavy atom. The summed E-state index contributed by atoms with van der Waals surface area (Å²) in [6.07, 6.45) is 3.06. The Hall–Kier alpha value is -1.85. The number of halogens is 2. The van der Waals surface area contributed by atoms with Crippen LogP contribution in [-0.2, 0) is 0 Å². The summed E-state index contributed by atoms with van der Waals surface area (Å²) in [4.78, 5) is 15.4. The summed E-state index contributed by atoms with van der Waals surface area (Å²) in [7, 11) is 0. The quantitative estimate of drug-likeness (QED) is 0.771. The maximum atomic E-state index is 6.21. The molecule has 1 atom stereocenters. The van der Waals surface area contributed by atoms with E-state index in [0.29, 0.717) is 21.5 Å². The van der Waals surface area contributed by atoms with Crippen molar-refractivity contribution < 1.29 is 0 Å². The fourth-order valence-corrected chi connectivity index (χ4v) is 2.58. The Kier molecular flexibility index (Phi) is 3.46. The van der Waals surface area contributed by atoms with Crippen molar-refractivity contribution in [2.75, 3.05) is 5.32 Å². The predicted octanol–water partition coefficient (Wildman–Crippen LogP) is 3.83. The number of rotatable bonds is 3. The number of nitrogens with zero attached hydrogens (tertiary/aromatic N) is 3. The number of fused-ring (bicyclic) bond motifs is 1. The van der Waals surface area contributed by atoms with Gasteiger partial charge in [0.05, 0.1) is 12.4 Å². The third-order valence-electron chi connectivity index (χ3n) is 3.01. The molecule has 3 aromatic rings. The minimum atomic E-state index is -0.0267. The van der Waals surface area contributed by atoms with Crippen LogP contribution in [-0.4, -0.2) is 19.9 Å². The molecule has 3 rings (SSSR count). The van der Waals surface area contributed by atoms with E-state index in [9.17, 15) is 0 Å². The summed E-state index contributed by atoms with van der Waals surface area (Å²) in [6.45, 7) is 2.00. The van der Waals surface area contributed by atoms with Crippen molar-refractivity contribution in [3.8, 4) is 0 Å². The van der Waals surface area contributed by atoms with Crippen molar-refractivity contribution in [1.29, 1.82) is 0 Å². The zero-order valence-electron chi connectivity index (χ0n) is 10.6. The average Bonchev–Trinajstić information content (AvgIpc) is 2.87. The molecule has 0 aliphatic carbocycles. The lowest BCUT2D eigenvalue weighted by Gasteiger charge is -2.16. The zero-order chi connectivity index (χ0) is 14.1. The Morgan fingerprint density at radius 3 is 2.85 bits per heavy atom. The molecule has 0 radical (unpaired) electrons. The molecule has 0 unspecified atom stereocenters. The second kappa shape index (κ2) is 5.26. The van der Waals surface area contributed by atoms with Crippen LogP contribution in [0, 0.1) is 0 Å². The number of aromatic amines is 1. The summed E-state index contributed by atoms with van der Waals surface area (Å²) < 4.78 is 0. The lowest BCUT2D eigenvalue weighted by molar-refractivity contribution is 0.875. The molecule has 0 aliphatic rings. The summed E-state index contributed by atoms with van der Waals surface area (Å²) >= 11 is 12.1. The molecule has 2 heterocycles. The fraction of sp³-hybridized carbons (Fsp3) is 0.154. The molecular weight excluding hydrogens is 297 g/mol. The van der Waals surface area contributed by atoms with Gasteiger partial charge in [0.25, 0.3) is 0 Å².